The fourth-order valence-corrected chi connectivity index (χ4v) is 3.54. The second-order valence-corrected chi connectivity index (χ2v) is 6.91. The van der Waals surface area contributed by atoms with Gasteiger partial charge in [-0.1, -0.05) is 30.1 Å². The lowest BCUT2D eigenvalue weighted by Gasteiger charge is -2.29. The van der Waals surface area contributed by atoms with E-state index in [4.69, 9.17) is 23.2 Å². The summed E-state index contributed by atoms with van der Waals surface area (Å²) in [6, 6.07) is 1.67. The quantitative estimate of drug-likeness (QED) is 0.786. The van der Waals surface area contributed by atoms with Crippen LogP contribution >= 0.6 is 34.5 Å². The van der Waals surface area contributed by atoms with Crippen LogP contribution in [0.3, 0.4) is 0 Å². The van der Waals surface area contributed by atoms with Crippen LogP contribution in [0.4, 0.5) is 0 Å². The average Bonchev–Trinajstić information content (AvgIpc) is 2.61. The minimum atomic E-state index is 0.0766. The Kier molecular flexibility index (Phi) is 4.47. The van der Waals surface area contributed by atoms with E-state index < -0.39 is 0 Å². The molecule has 1 aliphatic heterocycles. The van der Waals surface area contributed by atoms with Gasteiger partial charge in [-0.3, -0.25) is 9.69 Å². The van der Waals surface area contributed by atoms with Gasteiger partial charge in [-0.2, -0.15) is 0 Å². The Bertz CT molecular complexity index is 411. The number of ketones is 1. The normalized spacial score (nSPS) is 18.5. The molecule has 2 nitrogen and oxygen atoms in total. The van der Waals surface area contributed by atoms with Crippen LogP contribution in [-0.2, 0) is 0 Å². The SMILES string of the molecule is CC1CCN(CC(=O)c2cc(Cl)sc2Cl)CC1. The minimum Gasteiger partial charge on any atom is -0.296 e. The molecule has 0 saturated carbocycles. The van der Waals surface area contributed by atoms with E-state index in [0.29, 0.717) is 20.8 Å². The zero-order valence-electron chi connectivity index (χ0n) is 9.71. The standard InChI is InChI=1S/C12H15Cl2NOS/c1-8-2-4-15(5-3-8)7-10(16)9-6-11(13)17-12(9)14/h6,8H,2-5,7H2,1H3. The maximum atomic E-state index is 12.1. The number of hydrogen-bond donors (Lipinski definition) is 0. The van der Waals surface area contributed by atoms with Crippen LogP contribution in [0.1, 0.15) is 30.1 Å². The lowest BCUT2D eigenvalue weighted by Crippen LogP contribution is -2.36. The number of carbonyl (C=O) groups excluding carboxylic acids is 1. The van der Waals surface area contributed by atoms with Crippen molar-refractivity contribution < 1.29 is 4.79 Å². The molecule has 0 radical (unpaired) electrons. The Labute approximate surface area is 116 Å². The first-order valence-electron chi connectivity index (χ1n) is 5.76. The monoisotopic (exact) mass is 291 g/mol. The van der Waals surface area contributed by atoms with Crippen molar-refractivity contribution in [3.8, 4) is 0 Å². The molecule has 1 saturated heterocycles. The smallest absolute Gasteiger partial charge is 0.179 e. The third-order valence-corrected chi connectivity index (χ3v) is 4.69. The topological polar surface area (TPSA) is 20.3 Å². The van der Waals surface area contributed by atoms with Gasteiger partial charge in [-0.15, -0.1) is 11.3 Å². The fraction of sp³-hybridized carbons (Fsp3) is 0.583. The molecule has 1 aromatic heterocycles. The van der Waals surface area contributed by atoms with E-state index in [2.05, 4.69) is 11.8 Å². The van der Waals surface area contributed by atoms with Gasteiger partial charge in [-0.05, 0) is 37.9 Å². The first kappa shape index (κ1) is 13.3. The Morgan fingerprint density at radius 2 is 2.12 bits per heavy atom. The summed E-state index contributed by atoms with van der Waals surface area (Å²) in [4.78, 5) is 14.2. The molecule has 1 aliphatic rings. The van der Waals surface area contributed by atoms with Crippen molar-refractivity contribution >= 4 is 40.3 Å². The number of rotatable bonds is 3. The van der Waals surface area contributed by atoms with Gasteiger partial charge in [0, 0.05) is 0 Å². The Morgan fingerprint density at radius 1 is 1.47 bits per heavy atom. The largest absolute Gasteiger partial charge is 0.296 e. The molecule has 2 heterocycles. The Hall–Kier alpha value is -0.0900. The third kappa shape index (κ3) is 3.44. The molecule has 0 amide bonds. The van der Waals surface area contributed by atoms with E-state index in [9.17, 15) is 4.79 Å². The molecule has 94 valence electrons. The summed E-state index contributed by atoms with van der Waals surface area (Å²) >= 11 is 13.1. The van der Waals surface area contributed by atoms with Crippen molar-refractivity contribution in [2.45, 2.75) is 19.8 Å². The molecule has 0 atom stereocenters. The summed E-state index contributed by atoms with van der Waals surface area (Å²) in [5.41, 5.74) is 0.570. The summed E-state index contributed by atoms with van der Waals surface area (Å²) in [7, 11) is 0. The summed E-state index contributed by atoms with van der Waals surface area (Å²) in [6.45, 7) is 4.72. The van der Waals surface area contributed by atoms with E-state index in [0.717, 1.165) is 19.0 Å². The lowest BCUT2D eigenvalue weighted by molar-refractivity contribution is 0.0900. The van der Waals surface area contributed by atoms with Crippen molar-refractivity contribution in [2.75, 3.05) is 19.6 Å². The van der Waals surface area contributed by atoms with Gasteiger partial charge < -0.3 is 0 Å². The molecule has 1 aromatic rings. The third-order valence-electron chi connectivity index (χ3n) is 3.20. The van der Waals surface area contributed by atoms with Crippen molar-refractivity contribution in [1.29, 1.82) is 0 Å². The number of Topliss-reactive ketones (excluding diaryl/α,β-unsaturated/α-hetero) is 1. The highest BCUT2D eigenvalue weighted by molar-refractivity contribution is 7.20. The maximum absolute atomic E-state index is 12.1. The molecule has 0 N–H and O–H groups in total. The van der Waals surface area contributed by atoms with Gasteiger partial charge in [0.1, 0.15) is 4.34 Å². The molecule has 17 heavy (non-hydrogen) atoms. The van der Waals surface area contributed by atoms with Crippen LogP contribution in [-0.4, -0.2) is 30.3 Å². The fourth-order valence-electron chi connectivity index (χ4n) is 2.04. The van der Waals surface area contributed by atoms with Crippen LogP contribution in [0, 0.1) is 5.92 Å². The van der Waals surface area contributed by atoms with Crippen molar-refractivity contribution in [1.82, 2.24) is 4.90 Å². The summed E-state index contributed by atoms with van der Waals surface area (Å²) in [6.07, 6.45) is 2.34. The predicted octanol–water partition coefficient (Wildman–Crippen LogP) is 3.97. The predicted molar refractivity (Wildman–Crippen MR) is 73.5 cm³/mol. The van der Waals surface area contributed by atoms with Crippen molar-refractivity contribution in [3.05, 3.63) is 20.3 Å². The van der Waals surface area contributed by atoms with Gasteiger partial charge in [-0.25, -0.2) is 0 Å². The second kappa shape index (κ2) is 5.70. The number of likely N-dealkylation sites (tertiary alicyclic amines) is 1. The zero-order valence-corrected chi connectivity index (χ0v) is 12.0. The molecular formula is C12H15Cl2NOS. The van der Waals surface area contributed by atoms with E-state index in [1.807, 2.05) is 0 Å². The van der Waals surface area contributed by atoms with Gasteiger partial charge in [0.2, 0.25) is 0 Å². The number of nitrogens with zero attached hydrogens (tertiary/aromatic N) is 1. The van der Waals surface area contributed by atoms with Crippen LogP contribution in [0.15, 0.2) is 6.07 Å². The Morgan fingerprint density at radius 3 is 2.65 bits per heavy atom. The zero-order chi connectivity index (χ0) is 12.4. The molecule has 0 bridgehead atoms. The van der Waals surface area contributed by atoms with E-state index in [1.54, 1.807) is 6.07 Å². The summed E-state index contributed by atoms with van der Waals surface area (Å²) < 4.78 is 1.08. The average molecular weight is 292 g/mol. The van der Waals surface area contributed by atoms with Crippen LogP contribution < -0.4 is 0 Å². The van der Waals surface area contributed by atoms with Crippen molar-refractivity contribution in [2.24, 2.45) is 5.92 Å². The van der Waals surface area contributed by atoms with Crippen LogP contribution in [0.5, 0.6) is 0 Å². The van der Waals surface area contributed by atoms with E-state index in [1.165, 1.54) is 24.2 Å². The summed E-state index contributed by atoms with van der Waals surface area (Å²) in [5, 5.41) is 0. The Balaban J connectivity index is 1.95. The second-order valence-electron chi connectivity index (χ2n) is 4.62. The van der Waals surface area contributed by atoms with Gasteiger partial charge in [0.15, 0.2) is 5.78 Å². The molecule has 0 unspecified atom stereocenters. The first-order chi connectivity index (χ1) is 8.06. The van der Waals surface area contributed by atoms with Gasteiger partial charge in [0.05, 0.1) is 16.4 Å². The van der Waals surface area contributed by atoms with E-state index in [-0.39, 0.29) is 5.78 Å². The molecule has 5 heteroatoms. The van der Waals surface area contributed by atoms with Crippen LogP contribution in [0.2, 0.25) is 8.67 Å². The molecule has 2 rings (SSSR count). The molecular weight excluding hydrogens is 277 g/mol. The number of halogens is 2. The minimum absolute atomic E-state index is 0.0766. The molecule has 1 fully saturated rings. The highest BCUT2D eigenvalue weighted by atomic mass is 35.5. The maximum Gasteiger partial charge on any atom is 0.179 e. The van der Waals surface area contributed by atoms with Gasteiger partial charge in [0.25, 0.3) is 0 Å². The lowest BCUT2D eigenvalue weighted by atomic mass is 9.99. The van der Waals surface area contributed by atoms with E-state index >= 15 is 0 Å². The molecule has 0 aromatic carbocycles. The molecule has 0 spiro atoms. The number of carbonyl (C=O) groups is 1. The first-order valence-corrected chi connectivity index (χ1v) is 7.34. The number of piperidine rings is 1. The summed E-state index contributed by atoms with van der Waals surface area (Å²) in [5.74, 6) is 0.855. The molecule has 0 aliphatic carbocycles. The highest BCUT2D eigenvalue weighted by Crippen LogP contribution is 2.31. The van der Waals surface area contributed by atoms with Crippen molar-refractivity contribution in [3.63, 3.8) is 0 Å². The van der Waals surface area contributed by atoms with Gasteiger partial charge >= 0.3 is 0 Å². The number of thiophene rings is 1. The highest BCUT2D eigenvalue weighted by Gasteiger charge is 2.21. The number of hydrogen-bond acceptors (Lipinski definition) is 3. The van der Waals surface area contributed by atoms with Crippen LogP contribution in [0.25, 0.3) is 0 Å².